The van der Waals surface area contributed by atoms with Gasteiger partial charge in [0.15, 0.2) is 40.2 Å². The SMILES string of the molecule is CC(=N)NC(=O)CCCC(=O)OCCn1c([N+](=O)[O-])cnc1C.CC(=O)NC(=O)CCCC(=O)OCCn1c([N+](=O)[O-])cnc1C.CC(=S)NC(=O)CCCC(=O)OCCn1c([N+](=O)[O-])cnc1C.CN=C(N)NC(=O)CCC(=O)OCCn1c([N+](=O)[O-])cnc1C.CNC(=S)NC(=O)CCCC(=O)OCCn1c([N+](=O)[O-])cnc1C. The van der Waals surface area contributed by atoms with Crippen molar-refractivity contribution in [1.29, 1.82) is 5.41 Å². The van der Waals surface area contributed by atoms with Crippen LogP contribution in [0.1, 0.15) is 140 Å². The summed E-state index contributed by atoms with van der Waals surface area (Å²) in [5, 5.41) is 75.5. The third-order valence-corrected chi connectivity index (χ3v) is 15.0. The Kier molecular flexibility index (Phi) is 47.0. The van der Waals surface area contributed by atoms with E-state index in [-0.39, 0.29) is 200 Å². The maximum absolute atomic E-state index is 11.6. The van der Waals surface area contributed by atoms with E-state index in [1.54, 1.807) is 48.6 Å². The summed E-state index contributed by atoms with van der Waals surface area (Å²) in [6.07, 6.45) is 7.49. The van der Waals surface area contributed by atoms with Gasteiger partial charge < -0.3 is 101 Å². The number of rotatable bonds is 39. The van der Waals surface area contributed by atoms with E-state index < -0.39 is 72.2 Å². The molecule has 0 aliphatic carbocycles. The largest absolute Gasteiger partial charge is 0.461 e. The summed E-state index contributed by atoms with van der Waals surface area (Å²) in [7, 11) is 3.01. The van der Waals surface area contributed by atoms with Gasteiger partial charge in [-0.2, -0.15) is 0 Å². The highest BCUT2D eigenvalue weighted by Gasteiger charge is 2.24. The first kappa shape index (κ1) is 101. The highest BCUT2D eigenvalue weighted by molar-refractivity contribution is 7.80. The molecule has 0 saturated carbocycles. The maximum Gasteiger partial charge on any atom is 0.342 e. The average Bonchev–Trinajstić information content (AvgIpc) is 1.74. The zero-order valence-electron chi connectivity index (χ0n) is 65.0. The second-order valence-electron chi connectivity index (χ2n) is 23.5. The topological polar surface area (TPSA) is 673 Å². The Balaban J connectivity index is 0.000000725. The molecule has 6 amide bonds. The molecule has 52 heteroatoms. The van der Waals surface area contributed by atoms with E-state index >= 15 is 0 Å². The predicted octanol–water partition coefficient (Wildman–Crippen LogP) is 2.60. The Labute approximate surface area is 670 Å². The van der Waals surface area contributed by atoms with Crippen LogP contribution in [0.5, 0.6) is 0 Å². The maximum atomic E-state index is 11.6. The quantitative estimate of drug-likeness (QED) is 0.00533. The van der Waals surface area contributed by atoms with Gasteiger partial charge in [0, 0.05) is 113 Å². The van der Waals surface area contributed by atoms with Gasteiger partial charge in [0.1, 0.15) is 96.7 Å². The van der Waals surface area contributed by atoms with Crippen LogP contribution in [0.15, 0.2) is 36.0 Å². The number of esters is 5. The van der Waals surface area contributed by atoms with Crippen molar-refractivity contribution in [3.8, 4) is 0 Å². The number of ether oxygens (including phenoxy) is 5. The number of nitrogens with two attached hydrogens (primary N) is 1. The number of imidazole rings is 5. The van der Waals surface area contributed by atoms with Crippen LogP contribution >= 0.6 is 24.4 Å². The molecule has 636 valence electrons. The Hall–Kier alpha value is -13.5. The van der Waals surface area contributed by atoms with Gasteiger partial charge in [0.05, 0.1) is 17.2 Å². The van der Waals surface area contributed by atoms with Crippen molar-refractivity contribution in [3.63, 3.8) is 0 Å². The smallest absolute Gasteiger partial charge is 0.342 e. The van der Waals surface area contributed by atoms with E-state index in [0.717, 1.165) is 31.0 Å². The summed E-state index contributed by atoms with van der Waals surface area (Å²) >= 11 is 9.51. The van der Waals surface area contributed by atoms with Crippen molar-refractivity contribution >= 4 is 141 Å². The molecule has 0 atom stereocenters. The molecular weight excluding hydrogens is 1580 g/mol. The summed E-state index contributed by atoms with van der Waals surface area (Å²) < 4.78 is 31.6. The Morgan fingerprint density at radius 3 is 0.879 bits per heavy atom. The fourth-order valence-electron chi connectivity index (χ4n) is 9.10. The molecule has 0 aromatic carbocycles. The molecule has 5 aromatic heterocycles. The van der Waals surface area contributed by atoms with Crippen molar-refractivity contribution < 1.29 is 101 Å². The van der Waals surface area contributed by atoms with E-state index in [0.29, 0.717) is 53.4 Å². The van der Waals surface area contributed by atoms with E-state index in [9.17, 15) is 103 Å². The van der Waals surface area contributed by atoms with Gasteiger partial charge in [-0.05, 0) is 76.4 Å². The van der Waals surface area contributed by atoms with Gasteiger partial charge >= 0.3 is 58.9 Å². The van der Waals surface area contributed by atoms with Gasteiger partial charge in [0.2, 0.25) is 35.4 Å². The number of aryl methyl sites for hydroxylation is 5. The first-order valence-electron chi connectivity index (χ1n) is 34.7. The minimum Gasteiger partial charge on any atom is -0.461 e. The second-order valence-corrected chi connectivity index (χ2v) is 24.6. The number of hydrogen-bond donors (Lipinski definition) is 8. The number of carbonyl (C=O) groups excluding carboxylic acids is 11. The summed E-state index contributed by atoms with van der Waals surface area (Å²) in [5.41, 5.74) is 5.31. The average molecular weight is 1680 g/mol. The number of aliphatic imine (C=N–C) groups is 1. The van der Waals surface area contributed by atoms with Crippen LogP contribution in [-0.2, 0) is 109 Å². The van der Waals surface area contributed by atoms with Gasteiger partial charge in [-0.1, -0.05) is 12.2 Å². The van der Waals surface area contributed by atoms with E-state index in [4.69, 9.17) is 59.3 Å². The Morgan fingerprint density at radius 1 is 0.405 bits per heavy atom. The molecule has 0 bridgehead atoms. The Bertz CT molecular complexity index is 4080. The molecular formula is C64H92N24O26S2. The van der Waals surface area contributed by atoms with Crippen LogP contribution in [0.3, 0.4) is 0 Å². The summed E-state index contributed by atoms with van der Waals surface area (Å²) in [5.74, 6) is -3.20. The first-order chi connectivity index (χ1) is 54.6. The van der Waals surface area contributed by atoms with Crippen LogP contribution in [0.2, 0.25) is 0 Å². The minimum atomic E-state index is -0.590. The summed E-state index contributed by atoms with van der Waals surface area (Å²) in [4.78, 5) is 199. The van der Waals surface area contributed by atoms with Crippen LogP contribution in [0.25, 0.3) is 0 Å². The zero-order valence-corrected chi connectivity index (χ0v) is 66.7. The lowest BCUT2D eigenvalue weighted by atomic mass is 10.2. The van der Waals surface area contributed by atoms with Crippen molar-refractivity contribution in [1.82, 2.24) is 79.7 Å². The minimum absolute atomic E-state index is 0.00210. The number of imide groups is 1. The molecule has 5 rings (SSSR count). The lowest BCUT2D eigenvalue weighted by molar-refractivity contribution is -0.392. The highest BCUT2D eigenvalue weighted by Crippen LogP contribution is 2.18. The second kappa shape index (κ2) is 54.3. The molecule has 116 heavy (non-hydrogen) atoms. The number of thiocarbonyl (C=S) groups is 2. The number of guanidine groups is 1. The van der Waals surface area contributed by atoms with Crippen molar-refractivity contribution in [2.45, 2.75) is 178 Å². The van der Waals surface area contributed by atoms with Gasteiger partial charge in [-0.3, -0.25) is 73.8 Å². The number of hydrogen-bond acceptors (Lipinski definition) is 35. The molecule has 9 N–H and O–H groups in total. The fraction of sp³-hybridized carbons (Fsp3) is 0.531. The van der Waals surface area contributed by atoms with Gasteiger partial charge in [-0.15, -0.1) is 0 Å². The van der Waals surface area contributed by atoms with E-state index in [1.165, 1.54) is 43.7 Å². The molecule has 5 heterocycles. The number of nitrogens with one attached hydrogen (secondary N) is 7. The standard InChI is InChI=1S/C13H19N5O5S.C13H19N5O5.C13H18N4O6.C13H18N4O5S.C12H18N6O5/c1-9-15-8-11(18(21)22)17(9)6-7-23-12(20)5-3-4-10(19)16-13(24)14-2;1-9(14)16-11(19)4-3-5-13(20)23-7-6-17-10(2)15-8-12(17)18(21)22;1-9-14-8-12(17(21)22)16(9)6-7-23-13(20)5-3-4-11(19)15-10(2)18;1-9-14-8-12(17(20)21)16(9)6-7-22-13(19)5-3-4-11(18)15-10(2)23;1-8-15-7-10(18(21)22)17(8)5-6-23-11(20)4-3-9(19)16-12(13)14-2/h8H,3-7H2,1-2H3,(H2,14,16,19,24);8H,3-7H2,1-2H3,(H2,14,16,19);8H,3-7H2,1-2H3,(H,15,18,19);8H,3-7H2,1-2H3,(H,15,18,23);7H,3-6H2,1-2H3,(H3,13,14,16,19). The van der Waals surface area contributed by atoms with Crippen LogP contribution in [0.4, 0.5) is 29.1 Å². The molecule has 50 nitrogen and oxygen atoms in total. The highest BCUT2D eigenvalue weighted by atomic mass is 32.1. The molecule has 0 aliphatic rings. The molecule has 0 saturated heterocycles. The lowest BCUT2D eigenvalue weighted by Crippen LogP contribution is -2.37. The molecule has 0 fully saturated rings. The third kappa shape index (κ3) is 41.7. The predicted molar refractivity (Wildman–Crippen MR) is 410 cm³/mol. The normalized spacial score (nSPS) is 10.3. The molecule has 5 aromatic rings. The summed E-state index contributed by atoms with van der Waals surface area (Å²) in [6, 6.07) is 0. The number of aromatic nitrogens is 10. The molecule has 0 spiro atoms. The van der Waals surface area contributed by atoms with E-state index in [2.05, 4.69) is 61.8 Å². The van der Waals surface area contributed by atoms with Crippen LogP contribution in [0, 0.1) is 90.6 Å². The zero-order chi connectivity index (χ0) is 87.7. The van der Waals surface area contributed by atoms with Crippen molar-refractivity contribution in [2.75, 3.05) is 47.1 Å². The number of carbonyl (C=O) groups is 11. The lowest BCUT2D eigenvalue weighted by Gasteiger charge is -2.06. The molecule has 0 unspecified atom stereocenters. The fourth-order valence-corrected chi connectivity index (χ4v) is 9.33. The van der Waals surface area contributed by atoms with Crippen LogP contribution in [-0.4, -0.2) is 207 Å². The third-order valence-electron chi connectivity index (χ3n) is 14.6. The number of amides is 6. The number of nitro groups is 5. The van der Waals surface area contributed by atoms with Gasteiger partial charge in [0.25, 0.3) is 0 Å². The molecule has 0 aliphatic heterocycles. The Morgan fingerprint density at radius 2 is 0.647 bits per heavy atom. The van der Waals surface area contributed by atoms with Crippen LogP contribution < -0.4 is 37.6 Å². The number of amidine groups is 1. The van der Waals surface area contributed by atoms with Crippen molar-refractivity contribution in [2.24, 2.45) is 10.7 Å². The summed E-state index contributed by atoms with van der Waals surface area (Å²) in [6.45, 7) is 12.9. The van der Waals surface area contributed by atoms with Crippen molar-refractivity contribution in [3.05, 3.63) is 111 Å². The molecule has 0 radical (unpaired) electrons. The van der Waals surface area contributed by atoms with Gasteiger partial charge in [-0.25, -0.2) is 47.8 Å². The number of nitrogens with zero attached hydrogens (tertiary/aromatic N) is 16. The monoisotopic (exact) mass is 1680 g/mol. The van der Waals surface area contributed by atoms with E-state index in [1.807, 2.05) is 0 Å². The first-order valence-corrected chi connectivity index (χ1v) is 35.5.